The highest BCUT2D eigenvalue weighted by Crippen LogP contribution is 2.46. The SMILES string of the molecule is O=C(c1c[nH]c(=O)[nH]1)N1C[C@H](c2ccc(F)cc2)[C@H]2[C@@H]1C1CCN2CC1. The summed E-state index contributed by atoms with van der Waals surface area (Å²) in [6.07, 6.45) is 3.65. The summed E-state index contributed by atoms with van der Waals surface area (Å²) in [6, 6.07) is 7.09. The first-order chi connectivity index (χ1) is 12.6. The number of carbonyl (C=O) groups is 1. The third-order valence-electron chi connectivity index (χ3n) is 6.38. The van der Waals surface area contributed by atoms with Crippen molar-refractivity contribution in [2.45, 2.75) is 30.8 Å². The molecule has 4 aliphatic rings. The topological polar surface area (TPSA) is 72.2 Å². The highest BCUT2D eigenvalue weighted by atomic mass is 19.1. The maximum Gasteiger partial charge on any atom is 0.323 e. The number of amides is 1. The molecule has 1 aromatic carbocycles. The average Bonchev–Trinajstić information content (AvgIpc) is 3.28. The van der Waals surface area contributed by atoms with Gasteiger partial charge in [0.25, 0.3) is 5.91 Å². The first kappa shape index (κ1) is 15.8. The Morgan fingerprint density at radius 1 is 1.12 bits per heavy atom. The van der Waals surface area contributed by atoms with Crippen LogP contribution < -0.4 is 5.69 Å². The van der Waals surface area contributed by atoms with E-state index < -0.39 is 0 Å². The van der Waals surface area contributed by atoms with Gasteiger partial charge in [-0.15, -0.1) is 0 Å². The van der Waals surface area contributed by atoms with Crippen molar-refractivity contribution in [3.63, 3.8) is 0 Å². The molecule has 2 N–H and O–H groups in total. The highest BCUT2D eigenvalue weighted by molar-refractivity contribution is 5.92. The van der Waals surface area contributed by atoms with Crippen LogP contribution in [0.15, 0.2) is 35.3 Å². The normalized spacial score (nSPS) is 32.7. The molecule has 136 valence electrons. The second-order valence-corrected chi connectivity index (χ2v) is 7.63. The van der Waals surface area contributed by atoms with Gasteiger partial charge in [-0.1, -0.05) is 12.1 Å². The Morgan fingerprint density at radius 3 is 2.50 bits per heavy atom. The second-order valence-electron chi connectivity index (χ2n) is 7.63. The quantitative estimate of drug-likeness (QED) is 0.858. The Hall–Kier alpha value is -2.41. The summed E-state index contributed by atoms with van der Waals surface area (Å²) in [5.74, 6) is 0.284. The van der Waals surface area contributed by atoms with Gasteiger partial charge in [-0.3, -0.25) is 9.69 Å². The van der Waals surface area contributed by atoms with Crippen molar-refractivity contribution >= 4 is 5.91 Å². The summed E-state index contributed by atoms with van der Waals surface area (Å²) in [7, 11) is 0. The number of fused-ring (bicyclic) bond motifs is 2. The maximum atomic E-state index is 13.4. The maximum absolute atomic E-state index is 13.4. The zero-order valence-electron chi connectivity index (χ0n) is 14.3. The van der Waals surface area contributed by atoms with Crippen LogP contribution >= 0.6 is 0 Å². The van der Waals surface area contributed by atoms with Crippen LogP contribution in [0.1, 0.15) is 34.8 Å². The molecule has 1 aromatic heterocycles. The molecule has 6 nitrogen and oxygen atoms in total. The predicted octanol–water partition coefficient (Wildman–Crippen LogP) is 1.54. The molecular weight excluding hydrogens is 335 g/mol. The van der Waals surface area contributed by atoms with Gasteiger partial charge >= 0.3 is 5.69 Å². The van der Waals surface area contributed by atoms with Crippen LogP contribution in [0, 0.1) is 11.7 Å². The minimum Gasteiger partial charge on any atom is -0.332 e. The first-order valence-corrected chi connectivity index (χ1v) is 9.20. The second kappa shape index (κ2) is 5.81. The molecule has 7 heteroatoms. The van der Waals surface area contributed by atoms with E-state index in [2.05, 4.69) is 14.9 Å². The molecule has 1 amide bonds. The number of likely N-dealkylation sites (tertiary alicyclic amines) is 1. The van der Waals surface area contributed by atoms with Gasteiger partial charge in [-0.25, -0.2) is 9.18 Å². The van der Waals surface area contributed by atoms with Crippen LogP contribution in [-0.4, -0.2) is 57.4 Å². The summed E-state index contributed by atoms with van der Waals surface area (Å²) in [6.45, 7) is 2.72. The summed E-state index contributed by atoms with van der Waals surface area (Å²) in [5, 5.41) is 0. The van der Waals surface area contributed by atoms with Gasteiger partial charge < -0.3 is 14.9 Å². The Bertz CT molecular complexity index is 881. The molecule has 4 saturated heterocycles. The number of aromatic amines is 2. The van der Waals surface area contributed by atoms with Gasteiger partial charge in [0.15, 0.2) is 0 Å². The molecule has 4 aliphatic heterocycles. The van der Waals surface area contributed by atoms with Gasteiger partial charge in [0.1, 0.15) is 11.5 Å². The monoisotopic (exact) mass is 356 g/mol. The number of nitrogens with zero attached hydrogens (tertiary/aromatic N) is 2. The number of rotatable bonds is 2. The van der Waals surface area contributed by atoms with Crippen molar-refractivity contribution in [1.82, 2.24) is 19.8 Å². The summed E-state index contributed by atoms with van der Waals surface area (Å²) in [5.41, 5.74) is 1.02. The molecular formula is C19H21FN4O2. The zero-order chi connectivity index (χ0) is 17.8. The molecule has 26 heavy (non-hydrogen) atoms. The van der Waals surface area contributed by atoms with Crippen molar-refractivity contribution in [2.24, 2.45) is 5.92 Å². The number of benzene rings is 1. The van der Waals surface area contributed by atoms with Crippen LogP contribution in [-0.2, 0) is 0 Å². The highest BCUT2D eigenvalue weighted by Gasteiger charge is 2.54. The molecule has 0 unspecified atom stereocenters. The van der Waals surface area contributed by atoms with Gasteiger partial charge in [-0.2, -0.15) is 0 Å². The lowest BCUT2D eigenvalue weighted by molar-refractivity contribution is -0.00357. The van der Waals surface area contributed by atoms with Gasteiger partial charge in [0.05, 0.1) is 6.04 Å². The number of aromatic nitrogens is 2. The summed E-state index contributed by atoms with van der Waals surface area (Å²) < 4.78 is 13.4. The van der Waals surface area contributed by atoms with Crippen LogP contribution in [0.25, 0.3) is 0 Å². The van der Waals surface area contributed by atoms with E-state index in [0.717, 1.165) is 31.5 Å². The summed E-state index contributed by atoms with van der Waals surface area (Å²) >= 11 is 0. The fourth-order valence-electron chi connectivity index (χ4n) is 5.26. The lowest BCUT2D eigenvalue weighted by Crippen LogP contribution is -2.60. The van der Waals surface area contributed by atoms with E-state index in [4.69, 9.17) is 0 Å². The molecule has 0 radical (unpaired) electrons. The molecule has 3 atom stereocenters. The number of H-pyrrole nitrogens is 2. The minimum absolute atomic E-state index is 0.128. The third kappa shape index (κ3) is 2.34. The summed E-state index contributed by atoms with van der Waals surface area (Å²) in [4.78, 5) is 34.0. The molecule has 0 saturated carbocycles. The Labute approximate surface area is 150 Å². The number of hydrogen-bond acceptors (Lipinski definition) is 3. The first-order valence-electron chi connectivity index (χ1n) is 9.20. The molecule has 5 heterocycles. The fourth-order valence-corrected chi connectivity index (χ4v) is 5.26. The van der Waals surface area contributed by atoms with Crippen LogP contribution in [0.4, 0.5) is 4.39 Å². The van der Waals surface area contributed by atoms with Crippen molar-refractivity contribution in [3.05, 3.63) is 58.0 Å². The number of halogens is 1. The standard InChI is InChI=1S/C19H21FN4O2/c20-13-3-1-11(2-4-13)14-10-24(18(25)15-9-21-19(26)22-15)16-12-5-7-23(8-6-12)17(14)16/h1-4,9,12,14,16-17H,5-8,10H2,(H2,21,22,26)/t14-,16+,17+/m1/s1. The van der Waals surface area contributed by atoms with Gasteiger partial charge in [0, 0.05) is 24.7 Å². The van der Waals surface area contributed by atoms with Crippen LogP contribution in [0.5, 0.6) is 0 Å². The smallest absolute Gasteiger partial charge is 0.323 e. The fraction of sp³-hybridized carbons (Fsp3) is 0.474. The van der Waals surface area contributed by atoms with Crippen LogP contribution in [0.2, 0.25) is 0 Å². The number of nitrogens with one attached hydrogen (secondary N) is 2. The van der Waals surface area contributed by atoms with E-state index in [9.17, 15) is 14.0 Å². The van der Waals surface area contributed by atoms with Crippen molar-refractivity contribution in [3.8, 4) is 0 Å². The van der Waals surface area contributed by atoms with Crippen molar-refractivity contribution in [1.29, 1.82) is 0 Å². The molecule has 2 aromatic rings. The minimum atomic E-state index is -0.368. The zero-order valence-corrected chi connectivity index (χ0v) is 14.3. The van der Waals surface area contributed by atoms with E-state index in [-0.39, 0.29) is 35.4 Å². The Morgan fingerprint density at radius 2 is 1.85 bits per heavy atom. The van der Waals surface area contributed by atoms with E-state index in [1.54, 1.807) is 0 Å². The average molecular weight is 356 g/mol. The predicted molar refractivity (Wildman–Crippen MR) is 93.5 cm³/mol. The molecule has 4 fully saturated rings. The van der Waals surface area contributed by atoms with Gasteiger partial charge in [-0.05, 0) is 49.5 Å². The molecule has 2 bridgehead atoms. The van der Waals surface area contributed by atoms with Crippen molar-refractivity contribution in [2.75, 3.05) is 19.6 Å². The van der Waals surface area contributed by atoms with E-state index >= 15 is 0 Å². The van der Waals surface area contributed by atoms with E-state index in [1.165, 1.54) is 18.3 Å². The third-order valence-corrected chi connectivity index (χ3v) is 6.38. The van der Waals surface area contributed by atoms with Crippen molar-refractivity contribution < 1.29 is 9.18 Å². The lowest BCUT2D eigenvalue weighted by Gasteiger charge is -2.51. The number of hydrogen-bond donors (Lipinski definition) is 2. The van der Waals surface area contributed by atoms with Gasteiger partial charge in [0.2, 0.25) is 0 Å². The molecule has 0 spiro atoms. The Balaban J connectivity index is 1.53. The van der Waals surface area contributed by atoms with Crippen LogP contribution in [0.3, 0.4) is 0 Å². The van der Waals surface area contributed by atoms with E-state index in [1.807, 2.05) is 17.0 Å². The number of piperidine rings is 3. The molecule has 0 aliphatic carbocycles. The largest absolute Gasteiger partial charge is 0.332 e. The Kier molecular flexibility index (Phi) is 3.53. The number of imidazole rings is 1. The number of carbonyl (C=O) groups excluding carboxylic acids is 1. The lowest BCUT2D eigenvalue weighted by atomic mass is 9.75. The van der Waals surface area contributed by atoms with E-state index in [0.29, 0.717) is 18.2 Å². The molecule has 6 rings (SSSR count).